The average Bonchev–Trinajstić information content (AvgIpc) is 3.31. The highest BCUT2D eigenvalue weighted by Gasteiger charge is 2.37. The summed E-state index contributed by atoms with van der Waals surface area (Å²) >= 11 is 0. The molecule has 4 rings (SSSR count). The van der Waals surface area contributed by atoms with Gasteiger partial charge in [0.15, 0.2) is 5.69 Å². The van der Waals surface area contributed by atoms with Gasteiger partial charge in [0, 0.05) is 29.9 Å². The molecule has 1 aromatic carbocycles. The number of aromatic amines is 1. The Balaban J connectivity index is 1.41. The van der Waals surface area contributed by atoms with Crippen molar-refractivity contribution in [3.05, 3.63) is 52.8 Å². The van der Waals surface area contributed by atoms with Crippen LogP contribution in [0.1, 0.15) is 53.5 Å². The van der Waals surface area contributed by atoms with E-state index in [0.717, 1.165) is 50.0 Å². The van der Waals surface area contributed by atoms with Crippen LogP contribution in [0.3, 0.4) is 0 Å². The fourth-order valence-corrected chi connectivity index (χ4v) is 4.21. The Hall–Kier alpha value is -2.14. The minimum Gasteiger partial charge on any atom is -0.349 e. The van der Waals surface area contributed by atoms with Crippen LogP contribution in [0, 0.1) is 0 Å². The molecular formula is C20H26N4O. The monoisotopic (exact) mass is 338 g/mol. The lowest BCUT2D eigenvalue weighted by Crippen LogP contribution is -2.49. The Morgan fingerprint density at radius 1 is 1.28 bits per heavy atom. The lowest BCUT2D eigenvalue weighted by atomic mass is 9.98. The van der Waals surface area contributed by atoms with Gasteiger partial charge in [0.1, 0.15) is 0 Å². The van der Waals surface area contributed by atoms with Gasteiger partial charge >= 0.3 is 0 Å². The summed E-state index contributed by atoms with van der Waals surface area (Å²) in [6.45, 7) is 4.95. The van der Waals surface area contributed by atoms with Crippen LogP contribution in [-0.4, -0.2) is 39.6 Å². The molecule has 25 heavy (non-hydrogen) atoms. The molecule has 5 heteroatoms. The predicted molar refractivity (Wildman–Crippen MR) is 97.4 cm³/mol. The number of hydrogen-bond donors (Lipinski definition) is 2. The second kappa shape index (κ2) is 6.64. The summed E-state index contributed by atoms with van der Waals surface area (Å²) in [5.41, 5.74) is 4.19. The van der Waals surface area contributed by atoms with E-state index in [2.05, 4.69) is 57.7 Å². The van der Waals surface area contributed by atoms with Gasteiger partial charge < -0.3 is 5.32 Å². The van der Waals surface area contributed by atoms with E-state index in [-0.39, 0.29) is 11.4 Å². The van der Waals surface area contributed by atoms with Crippen LogP contribution >= 0.6 is 0 Å². The molecule has 1 saturated heterocycles. The topological polar surface area (TPSA) is 61.0 Å². The van der Waals surface area contributed by atoms with Crippen molar-refractivity contribution in [2.24, 2.45) is 0 Å². The van der Waals surface area contributed by atoms with Crippen molar-refractivity contribution < 1.29 is 4.79 Å². The lowest BCUT2D eigenvalue weighted by molar-refractivity contribution is 0.0891. The molecule has 1 aliphatic carbocycles. The number of benzene rings is 1. The Morgan fingerprint density at radius 2 is 2.12 bits per heavy atom. The normalized spacial score (nSPS) is 22.9. The molecule has 2 heterocycles. The maximum Gasteiger partial charge on any atom is 0.272 e. The largest absolute Gasteiger partial charge is 0.349 e. The second-order valence-corrected chi connectivity index (χ2v) is 7.57. The molecule has 1 amide bonds. The number of amides is 1. The number of aryl methyl sites for hydroxylation is 1. The Morgan fingerprint density at radius 3 is 2.96 bits per heavy atom. The summed E-state index contributed by atoms with van der Waals surface area (Å²) in [7, 11) is 0. The van der Waals surface area contributed by atoms with Crippen molar-refractivity contribution in [1.82, 2.24) is 20.4 Å². The van der Waals surface area contributed by atoms with Crippen molar-refractivity contribution in [3.63, 3.8) is 0 Å². The van der Waals surface area contributed by atoms with Crippen molar-refractivity contribution in [2.45, 2.75) is 51.1 Å². The minimum atomic E-state index is -0.0350. The zero-order chi connectivity index (χ0) is 17.3. The molecule has 2 aliphatic rings. The number of carbonyl (C=O) groups excluding carboxylic acids is 1. The number of aromatic nitrogens is 2. The first-order valence-corrected chi connectivity index (χ1v) is 9.29. The molecule has 2 N–H and O–H groups in total. The number of rotatable bonds is 5. The van der Waals surface area contributed by atoms with E-state index >= 15 is 0 Å². The summed E-state index contributed by atoms with van der Waals surface area (Å²) in [6.07, 6.45) is 5.38. The van der Waals surface area contributed by atoms with Gasteiger partial charge in [0.05, 0.1) is 0 Å². The third kappa shape index (κ3) is 3.21. The first-order valence-electron chi connectivity index (χ1n) is 9.29. The van der Waals surface area contributed by atoms with Crippen LogP contribution in [0.5, 0.6) is 0 Å². The second-order valence-electron chi connectivity index (χ2n) is 7.57. The zero-order valence-electron chi connectivity index (χ0n) is 14.8. The number of nitrogens with zero attached hydrogens (tertiary/aromatic N) is 2. The van der Waals surface area contributed by atoms with Crippen LogP contribution in [0.25, 0.3) is 0 Å². The van der Waals surface area contributed by atoms with E-state index in [0.29, 0.717) is 12.2 Å². The van der Waals surface area contributed by atoms with E-state index in [1.54, 1.807) is 0 Å². The van der Waals surface area contributed by atoms with Gasteiger partial charge in [-0.2, -0.15) is 5.10 Å². The third-order valence-electron chi connectivity index (χ3n) is 5.77. The summed E-state index contributed by atoms with van der Waals surface area (Å²) in [5.74, 6) is -0.0350. The first-order chi connectivity index (χ1) is 12.2. The van der Waals surface area contributed by atoms with E-state index < -0.39 is 0 Å². The molecule has 0 saturated carbocycles. The molecule has 0 bridgehead atoms. The van der Waals surface area contributed by atoms with Gasteiger partial charge in [0.2, 0.25) is 0 Å². The highest BCUT2D eigenvalue weighted by molar-refractivity contribution is 5.94. The lowest BCUT2D eigenvalue weighted by Gasteiger charge is -2.35. The van der Waals surface area contributed by atoms with Gasteiger partial charge in [-0.25, -0.2) is 0 Å². The van der Waals surface area contributed by atoms with Crippen molar-refractivity contribution in [2.75, 3.05) is 13.1 Å². The highest BCUT2D eigenvalue weighted by atomic mass is 16.1. The van der Waals surface area contributed by atoms with Gasteiger partial charge in [-0.05, 0) is 51.1 Å². The molecule has 1 aromatic heterocycles. The Labute approximate surface area is 148 Å². The van der Waals surface area contributed by atoms with Gasteiger partial charge in [-0.3, -0.25) is 14.8 Å². The number of H-pyrrole nitrogens is 1. The Kier molecular flexibility index (Phi) is 4.34. The molecule has 0 radical (unpaired) electrons. The van der Waals surface area contributed by atoms with Crippen LogP contribution in [0.4, 0.5) is 0 Å². The molecule has 132 valence electrons. The summed E-state index contributed by atoms with van der Waals surface area (Å²) < 4.78 is 0. The quantitative estimate of drug-likeness (QED) is 0.881. The number of nitrogens with one attached hydrogen (secondary N) is 2. The molecular weight excluding hydrogens is 312 g/mol. The number of fused-ring (bicyclic) bond motifs is 1. The molecule has 1 fully saturated rings. The predicted octanol–water partition coefficient (Wildman–Crippen LogP) is 2.68. The van der Waals surface area contributed by atoms with Crippen LogP contribution < -0.4 is 5.32 Å². The van der Waals surface area contributed by atoms with Crippen LogP contribution in [-0.2, 0) is 19.4 Å². The first kappa shape index (κ1) is 16.3. The molecule has 2 aromatic rings. The van der Waals surface area contributed by atoms with Crippen molar-refractivity contribution >= 4 is 5.91 Å². The maximum absolute atomic E-state index is 12.6. The highest BCUT2D eigenvalue weighted by Crippen LogP contribution is 2.30. The standard InChI is InChI=1S/C20H26N4O/c1-20(11-6-12-24(20)13-15-7-3-2-4-8-15)14-21-19(25)18-16-9-5-10-17(16)22-23-18/h2-4,7-8H,5-6,9-14H2,1H3,(H,21,25)(H,22,23). The maximum atomic E-state index is 12.6. The van der Waals surface area contributed by atoms with Crippen LogP contribution in [0.2, 0.25) is 0 Å². The number of carbonyl (C=O) groups is 1. The van der Waals surface area contributed by atoms with E-state index in [1.807, 2.05) is 0 Å². The minimum absolute atomic E-state index is 0.00494. The molecule has 1 unspecified atom stereocenters. The molecule has 1 atom stereocenters. The smallest absolute Gasteiger partial charge is 0.272 e. The Bertz CT molecular complexity index is 754. The SMILES string of the molecule is CC1(CNC(=O)c2n[nH]c3c2CCC3)CCCN1Cc1ccccc1. The molecule has 0 spiro atoms. The van der Waals surface area contributed by atoms with Gasteiger partial charge in [-0.1, -0.05) is 30.3 Å². The number of hydrogen-bond acceptors (Lipinski definition) is 3. The average molecular weight is 338 g/mol. The molecule has 5 nitrogen and oxygen atoms in total. The van der Waals surface area contributed by atoms with Crippen molar-refractivity contribution in [1.29, 1.82) is 0 Å². The third-order valence-corrected chi connectivity index (χ3v) is 5.77. The molecule has 1 aliphatic heterocycles. The van der Waals surface area contributed by atoms with Gasteiger partial charge in [0.25, 0.3) is 5.91 Å². The van der Waals surface area contributed by atoms with E-state index in [9.17, 15) is 4.79 Å². The fraction of sp³-hybridized carbons (Fsp3) is 0.500. The van der Waals surface area contributed by atoms with E-state index in [1.165, 1.54) is 12.0 Å². The van der Waals surface area contributed by atoms with E-state index in [4.69, 9.17) is 0 Å². The fourth-order valence-electron chi connectivity index (χ4n) is 4.21. The summed E-state index contributed by atoms with van der Waals surface area (Å²) in [4.78, 5) is 15.1. The summed E-state index contributed by atoms with van der Waals surface area (Å²) in [6, 6.07) is 10.6. The zero-order valence-corrected chi connectivity index (χ0v) is 14.8. The van der Waals surface area contributed by atoms with Crippen molar-refractivity contribution in [3.8, 4) is 0 Å². The summed E-state index contributed by atoms with van der Waals surface area (Å²) in [5, 5.41) is 10.4. The number of likely N-dealkylation sites (tertiary alicyclic amines) is 1. The van der Waals surface area contributed by atoms with Crippen LogP contribution in [0.15, 0.2) is 30.3 Å². The van der Waals surface area contributed by atoms with Gasteiger partial charge in [-0.15, -0.1) is 0 Å².